The molecule has 5 rings (SSSR count). The summed E-state index contributed by atoms with van der Waals surface area (Å²) in [5.41, 5.74) is 3.14. The molecule has 0 saturated carbocycles. The van der Waals surface area contributed by atoms with Gasteiger partial charge in [0.2, 0.25) is 0 Å². The van der Waals surface area contributed by atoms with E-state index in [0.717, 1.165) is 34.3 Å². The molecule has 10 heteroatoms. The minimum atomic E-state index is -0.0285. The van der Waals surface area contributed by atoms with Crippen LogP contribution in [0.5, 0.6) is 5.75 Å². The number of aryl methyl sites for hydroxylation is 2. The van der Waals surface area contributed by atoms with Gasteiger partial charge in [0.25, 0.3) is 5.91 Å². The zero-order chi connectivity index (χ0) is 23.7. The summed E-state index contributed by atoms with van der Waals surface area (Å²) in [5.74, 6) is 2.27. The molecule has 174 valence electrons. The maximum atomic E-state index is 13.3. The molecule has 34 heavy (non-hydrogen) atoms. The van der Waals surface area contributed by atoms with Crippen molar-refractivity contribution in [3.63, 3.8) is 0 Å². The van der Waals surface area contributed by atoms with E-state index in [-0.39, 0.29) is 5.91 Å². The minimum absolute atomic E-state index is 0.0285. The predicted octanol–water partition coefficient (Wildman–Crippen LogP) is 2.34. The quantitative estimate of drug-likeness (QED) is 0.453. The van der Waals surface area contributed by atoms with E-state index in [0.29, 0.717) is 31.9 Å². The third kappa shape index (κ3) is 4.21. The lowest BCUT2D eigenvalue weighted by Gasteiger charge is -2.35. The van der Waals surface area contributed by atoms with Gasteiger partial charge in [0.15, 0.2) is 5.82 Å². The van der Waals surface area contributed by atoms with Crippen LogP contribution in [0.1, 0.15) is 16.2 Å². The molecule has 0 aliphatic carbocycles. The molecule has 0 unspecified atom stereocenters. The highest BCUT2D eigenvalue weighted by Crippen LogP contribution is 2.24. The number of ether oxygens (including phenoxy) is 1. The summed E-state index contributed by atoms with van der Waals surface area (Å²) in [6.45, 7) is 4.50. The Kier molecular flexibility index (Phi) is 5.70. The van der Waals surface area contributed by atoms with Crippen LogP contribution in [-0.2, 0) is 7.05 Å². The van der Waals surface area contributed by atoms with Gasteiger partial charge in [0.05, 0.1) is 18.5 Å². The topological polar surface area (TPSA) is 94.2 Å². The minimum Gasteiger partial charge on any atom is -0.497 e. The average Bonchev–Trinajstić information content (AvgIpc) is 3.49. The average molecular weight is 459 g/mol. The monoisotopic (exact) mass is 458 g/mol. The lowest BCUT2D eigenvalue weighted by molar-refractivity contribution is 0.0735. The van der Waals surface area contributed by atoms with Gasteiger partial charge in [-0.1, -0.05) is 12.1 Å². The SMILES string of the molecule is COc1cccc(-c2cc(C(=O)N3CCN(c4cc(-n5ccc(C)n5)ncn4)CC3)n(C)n2)c1. The van der Waals surface area contributed by atoms with Gasteiger partial charge in [-0.2, -0.15) is 10.2 Å². The molecule has 10 nitrogen and oxygen atoms in total. The predicted molar refractivity (Wildman–Crippen MR) is 127 cm³/mol. The van der Waals surface area contributed by atoms with Gasteiger partial charge in [-0.25, -0.2) is 14.6 Å². The number of carbonyl (C=O) groups excluding carboxylic acids is 1. The number of amides is 1. The fourth-order valence-corrected chi connectivity index (χ4v) is 4.07. The molecule has 4 aromatic rings. The van der Waals surface area contributed by atoms with Gasteiger partial charge in [-0.05, 0) is 31.2 Å². The largest absolute Gasteiger partial charge is 0.497 e. The molecule has 1 aromatic carbocycles. The highest BCUT2D eigenvalue weighted by Gasteiger charge is 2.26. The number of hydrogen-bond donors (Lipinski definition) is 0. The van der Waals surface area contributed by atoms with E-state index in [1.54, 1.807) is 29.8 Å². The highest BCUT2D eigenvalue weighted by atomic mass is 16.5. The molecule has 0 spiro atoms. The van der Waals surface area contributed by atoms with Crippen LogP contribution in [0, 0.1) is 6.92 Å². The maximum absolute atomic E-state index is 13.3. The van der Waals surface area contributed by atoms with Crippen molar-refractivity contribution in [1.82, 2.24) is 34.4 Å². The Morgan fingerprint density at radius 1 is 0.971 bits per heavy atom. The summed E-state index contributed by atoms with van der Waals surface area (Å²) < 4.78 is 8.69. The lowest BCUT2D eigenvalue weighted by atomic mass is 10.1. The first-order valence-electron chi connectivity index (χ1n) is 11.1. The van der Waals surface area contributed by atoms with Crippen molar-refractivity contribution < 1.29 is 9.53 Å². The molecule has 0 radical (unpaired) electrons. The fraction of sp³-hybridized carbons (Fsp3) is 0.292. The molecular weight excluding hydrogens is 432 g/mol. The molecule has 1 aliphatic heterocycles. The molecule has 0 atom stereocenters. The van der Waals surface area contributed by atoms with E-state index in [4.69, 9.17) is 4.74 Å². The van der Waals surface area contributed by atoms with E-state index in [9.17, 15) is 4.79 Å². The number of rotatable bonds is 5. The first kappa shape index (κ1) is 21.6. The summed E-state index contributed by atoms with van der Waals surface area (Å²) in [6, 6.07) is 13.4. The molecule has 0 bridgehead atoms. The smallest absolute Gasteiger partial charge is 0.272 e. The third-order valence-electron chi connectivity index (χ3n) is 5.95. The van der Waals surface area contributed by atoms with Gasteiger partial charge in [-0.3, -0.25) is 9.48 Å². The van der Waals surface area contributed by atoms with Gasteiger partial charge in [-0.15, -0.1) is 0 Å². The molecule has 0 N–H and O–H groups in total. The van der Waals surface area contributed by atoms with Crippen LogP contribution in [0.4, 0.5) is 5.82 Å². The number of nitrogens with zero attached hydrogens (tertiary/aromatic N) is 8. The molecule has 4 heterocycles. The molecular formula is C24H26N8O2. The van der Waals surface area contributed by atoms with Crippen molar-refractivity contribution in [2.75, 3.05) is 38.2 Å². The Hall–Kier alpha value is -4.21. The Morgan fingerprint density at radius 2 is 1.76 bits per heavy atom. The van der Waals surface area contributed by atoms with Crippen molar-refractivity contribution in [2.45, 2.75) is 6.92 Å². The molecule has 1 fully saturated rings. The van der Waals surface area contributed by atoms with Gasteiger partial charge < -0.3 is 14.5 Å². The number of aromatic nitrogens is 6. The van der Waals surface area contributed by atoms with Crippen molar-refractivity contribution in [2.24, 2.45) is 7.05 Å². The van der Waals surface area contributed by atoms with E-state index in [1.807, 2.05) is 60.5 Å². The standard InChI is InChI=1S/C24H26N8O2/c1-17-7-8-32(27-17)23-15-22(25-16-26-23)30-9-11-31(12-10-30)24(33)21-14-20(28-29(21)2)18-5-4-6-19(13-18)34-3/h4-8,13-16H,9-12H2,1-3H3. The fourth-order valence-electron chi connectivity index (χ4n) is 4.07. The Balaban J connectivity index is 1.27. The zero-order valence-electron chi connectivity index (χ0n) is 19.4. The van der Waals surface area contributed by atoms with E-state index in [2.05, 4.69) is 25.1 Å². The summed E-state index contributed by atoms with van der Waals surface area (Å²) >= 11 is 0. The van der Waals surface area contributed by atoms with Crippen LogP contribution in [-0.4, -0.2) is 73.6 Å². The number of benzene rings is 1. The second-order valence-corrected chi connectivity index (χ2v) is 8.19. The van der Waals surface area contributed by atoms with Crippen molar-refractivity contribution in [1.29, 1.82) is 0 Å². The normalized spacial score (nSPS) is 13.9. The molecule has 1 amide bonds. The molecule has 3 aromatic heterocycles. The van der Waals surface area contributed by atoms with Crippen LogP contribution in [0.2, 0.25) is 0 Å². The molecule has 1 aliphatic rings. The number of methoxy groups -OCH3 is 1. The first-order valence-corrected chi connectivity index (χ1v) is 11.1. The molecule has 1 saturated heterocycles. The van der Waals surface area contributed by atoms with E-state index >= 15 is 0 Å². The Bertz CT molecular complexity index is 1320. The Morgan fingerprint density at radius 3 is 2.50 bits per heavy atom. The number of piperazine rings is 1. The van der Waals surface area contributed by atoms with Gasteiger partial charge >= 0.3 is 0 Å². The highest BCUT2D eigenvalue weighted by molar-refractivity contribution is 5.94. The first-order chi connectivity index (χ1) is 16.5. The summed E-state index contributed by atoms with van der Waals surface area (Å²) in [5, 5.41) is 8.97. The number of anilines is 1. The van der Waals surface area contributed by atoms with Crippen LogP contribution in [0.25, 0.3) is 17.1 Å². The van der Waals surface area contributed by atoms with Gasteiger partial charge in [0.1, 0.15) is 23.6 Å². The second kappa shape index (κ2) is 8.97. The summed E-state index contributed by atoms with van der Waals surface area (Å²) in [6.07, 6.45) is 3.43. The van der Waals surface area contributed by atoms with E-state index in [1.165, 1.54) is 0 Å². The van der Waals surface area contributed by atoms with Crippen LogP contribution in [0.3, 0.4) is 0 Å². The van der Waals surface area contributed by atoms with Crippen molar-refractivity contribution in [3.05, 3.63) is 66.4 Å². The van der Waals surface area contributed by atoms with Crippen molar-refractivity contribution >= 4 is 11.7 Å². The van der Waals surface area contributed by atoms with Crippen molar-refractivity contribution in [3.8, 4) is 22.8 Å². The number of hydrogen-bond acceptors (Lipinski definition) is 7. The summed E-state index contributed by atoms with van der Waals surface area (Å²) in [7, 11) is 3.43. The Labute approximate surface area is 197 Å². The van der Waals surface area contributed by atoms with Gasteiger partial charge in [0, 0.05) is 51.1 Å². The number of carbonyl (C=O) groups is 1. The van der Waals surface area contributed by atoms with E-state index < -0.39 is 0 Å². The van der Waals surface area contributed by atoms with Crippen LogP contribution >= 0.6 is 0 Å². The summed E-state index contributed by atoms with van der Waals surface area (Å²) in [4.78, 5) is 26.0. The second-order valence-electron chi connectivity index (χ2n) is 8.19. The third-order valence-corrected chi connectivity index (χ3v) is 5.95. The van der Waals surface area contributed by atoms with Crippen LogP contribution < -0.4 is 9.64 Å². The zero-order valence-corrected chi connectivity index (χ0v) is 19.4. The van der Waals surface area contributed by atoms with Crippen LogP contribution in [0.15, 0.2) is 55.0 Å². The lowest BCUT2D eigenvalue weighted by Crippen LogP contribution is -2.49. The maximum Gasteiger partial charge on any atom is 0.272 e.